The Bertz CT molecular complexity index is 578. The molecule has 1 aliphatic carbocycles. The fraction of sp³-hybridized carbons (Fsp3) is 0.500. The van der Waals surface area contributed by atoms with Gasteiger partial charge < -0.3 is 5.32 Å². The first-order valence-corrected chi connectivity index (χ1v) is 7.88. The van der Waals surface area contributed by atoms with Gasteiger partial charge in [-0.15, -0.1) is 5.10 Å². The highest BCUT2D eigenvalue weighted by Crippen LogP contribution is 2.34. The molecular formula is C16H21N5O. The summed E-state index contributed by atoms with van der Waals surface area (Å²) < 4.78 is 1.44. The van der Waals surface area contributed by atoms with Gasteiger partial charge in [-0.2, -0.15) is 0 Å². The van der Waals surface area contributed by atoms with E-state index < -0.39 is 0 Å². The van der Waals surface area contributed by atoms with Crippen molar-refractivity contribution in [3.05, 3.63) is 42.2 Å². The zero-order chi connectivity index (χ0) is 15.2. The average Bonchev–Trinajstić information content (AvgIpc) is 3.07. The third-order valence-electron chi connectivity index (χ3n) is 4.29. The normalized spacial score (nSPS) is 17.1. The van der Waals surface area contributed by atoms with Gasteiger partial charge in [0.05, 0.1) is 6.04 Å². The number of tetrazole rings is 1. The van der Waals surface area contributed by atoms with Gasteiger partial charge in [0, 0.05) is 0 Å². The second kappa shape index (κ2) is 7.15. The summed E-state index contributed by atoms with van der Waals surface area (Å²) >= 11 is 0. The molecule has 22 heavy (non-hydrogen) atoms. The molecule has 1 N–H and O–H groups in total. The van der Waals surface area contributed by atoms with E-state index in [0.717, 1.165) is 0 Å². The number of rotatable bonds is 5. The number of carbonyl (C=O) groups is 1. The molecule has 1 amide bonds. The lowest BCUT2D eigenvalue weighted by Gasteiger charge is -2.31. The van der Waals surface area contributed by atoms with Crippen molar-refractivity contribution in [2.24, 2.45) is 5.92 Å². The first kappa shape index (κ1) is 14.7. The van der Waals surface area contributed by atoms with E-state index in [0.29, 0.717) is 5.92 Å². The molecular weight excluding hydrogens is 278 g/mol. The number of amides is 1. The van der Waals surface area contributed by atoms with Crippen LogP contribution in [0.2, 0.25) is 0 Å². The Morgan fingerprint density at radius 1 is 1.23 bits per heavy atom. The third kappa shape index (κ3) is 3.69. The summed E-state index contributed by atoms with van der Waals surface area (Å²) in [4.78, 5) is 12.3. The van der Waals surface area contributed by atoms with Crippen LogP contribution < -0.4 is 5.32 Å². The van der Waals surface area contributed by atoms with Crippen molar-refractivity contribution >= 4 is 5.91 Å². The minimum absolute atomic E-state index is 0.0493. The van der Waals surface area contributed by atoms with Gasteiger partial charge in [0.25, 0.3) is 0 Å². The molecule has 1 heterocycles. The van der Waals surface area contributed by atoms with Gasteiger partial charge in [0.15, 0.2) is 0 Å². The Morgan fingerprint density at radius 3 is 2.68 bits per heavy atom. The average molecular weight is 299 g/mol. The minimum atomic E-state index is -0.0493. The van der Waals surface area contributed by atoms with E-state index in [4.69, 9.17) is 0 Å². The van der Waals surface area contributed by atoms with Crippen molar-refractivity contribution in [1.29, 1.82) is 0 Å². The Morgan fingerprint density at radius 2 is 2.00 bits per heavy atom. The number of aromatic nitrogens is 4. The van der Waals surface area contributed by atoms with Crippen molar-refractivity contribution in [1.82, 2.24) is 25.5 Å². The molecule has 3 rings (SSSR count). The van der Waals surface area contributed by atoms with E-state index in [2.05, 4.69) is 33.0 Å². The number of hydrogen-bond acceptors (Lipinski definition) is 4. The molecule has 0 radical (unpaired) electrons. The summed E-state index contributed by atoms with van der Waals surface area (Å²) in [6.07, 6.45) is 7.59. The Kier molecular flexibility index (Phi) is 4.78. The Labute approximate surface area is 129 Å². The summed E-state index contributed by atoms with van der Waals surface area (Å²) in [6.45, 7) is 0.156. The predicted octanol–water partition coefficient (Wildman–Crippen LogP) is 2.11. The van der Waals surface area contributed by atoms with Crippen LogP contribution in [0.1, 0.15) is 43.7 Å². The van der Waals surface area contributed by atoms with E-state index in [1.54, 1.807) is 0 Å². The molecule has 1 aromatic heterocycles. The van der Waals surface area contributed by atoms with Gasteiger partial charge in [-0.25, -0.2) is 4.68 Å². The van der Waals surface area contributed by atoms with Crippen molar-refractivity contribution in [3.8, 4) is 0 Å². The summed E-state index contributed by atoms with van der Waals surface area (Å²) in [5.74, 6) is 0.459. The fourth-order valence-corrected chi connectivity index (χ4v) is 3.22. The third-order valence-corrected chi connectivity index (χ3v) is 4.29. The van der Waals surface area contributed by atoms with E-state index in [9.17, 15) is 4.79 Å². The van der Waals surface area contributed by atoms with Crippen molar-refractivity contribution in [2.75, 3.05) is 0 Å². The summed E-state index contributed by atoms with van der Waals surface area (Å²) in [5, 5.41) is 14.0. The van der Waals surface area contributed by atoms with E-state index in [1.807, 2.05) is 18.2 Å². The minimum Gasteiger partial charge on any atom is -0.347 e. The smallest absolute Gasteiger partial charge is 0.242 e. The van der Waals surface area contributed by atoms with Crippen LogP contribution in [0.5, 0.6) is 0 Å². The summed E-state index contributed by atoms with van der Waals surface area (Å²) in [5.41, 5.74) is 1.18. The lowest BCUT2D eigenvalue weighted by molar-refractivity contribution is -0.123. The molecule has 1 unspecified atom stereocenters. The maximum atomic E-state index is 12.3. The maximum absolute atomic E-state index is 12.3. The maximum Gasteiger partial charge on any atom is 0.242 e. The highest BCUT2D eigenvalue weighted by Gasteiger charge is 2.26. The molecule has 0 spiro atoms. The molecule has 0 aliphatic heterocycles. The Hall–Kier alpha value is -2.24. The molecule has 0 bridgehead atoms. The van der Waals surface area contributed by atoms with Gasteiger partial charge in [-0.1, -0.05) is 49.6 Å². The molecule has 1 atom stereocenters. The van der Waals surface area contributed by atoms with E-state index in [-0.39, 0.29) is 18.5 Å². The van der Waals surface area contributed by atoms with Crippen molar-refractivity contribution in [2.45, 2.75) is 44.7 Å². The van der Waals surface area contributed by atoms with Gasteiger partial charge in [0.2, 0.25) is 5.91 Å². The monoisotopic (exact) mass is 299 g/mol. The molecule has 1 saturated carbocycles. The Balaban J connectivity index is 1.71. The first-order valence-electron chi connectivity index (χ1n) is 7.88. The van der Waals surface area contributed by atoms with Crippen LogP contribution in [0.3, 0.4) is 0 Å². The van der Waals surface area contributed by atoms with Crippen LogP contribution in [-0.2, 0) is 11.3 Å². The SMILES string of the molecule is O=C(Cn1cnnn1)NC(c1ccccc1)C1CCCCC1. The zero-order valence-corrected chi connectivity index (χ0v) is 12.6. The van der Waals surface area contributed by atoms with Gasteiger partial charge >= 0.3 is 0 Å². The molecule has 6 nitrogen and oxygen atoms in total. The zero-order valence-electron chi connectivity index (χ0n) is 12.6. The molecule has 6 heteroatoms. The molecule has 0 saturated heterocycles. The lowest BCUT2D eigenvalue weighted by Crippen LogP contribution is -2.36. The van der Waals surface area contributed by atoms with Crippen LogP contribution in [0.4, 0.5) is 0 Å². The van der Waals surface area contributed by atoms with Gasteiger partial charge in [-0.3, -0.25) is 4.79 Å². The van der Waals surface area contributed by atoms with Crippen LogP contribution in [-0.4, -0.2) is 26.1 Å². The first-order chi connectivity index (χ1) is 10.8. The second-order valence-electron chi connectivity index (χ2n) is 5.86. The summed E-state index contributed by atoms with van der Waals surface area (Å²) in [6, 6.07) is 10.3. The number of carbonyl (C=O) groups excluding carboxylic acids is 1. The second-order valence-corrected chi connectivity index (χ2v) is 5.86. The van der Waals surface area contributed by atoms with E-state index >= 15 is 0 Å². The van der Waals surface area contributed by atoms with Crippen molar-refractivity contribution in [3.63, 3.8) is 0 Å². The van der Waals surface area contributed by atoms with E-state index in [1.165, 1.54) is 48.7 Å². The van der Waals surface area contributed by atoms with Crippen LogP contribution >= 0.6 is 0 Å². The standard InChI is InChI=1S/C16H21N5O/c22-15(11-21-12-17-19-20-21)18-16(13-7-3-1-4-8-13)14-9-5-2-6-10-14/h1,3-4,7-8,12,14,16H,2,5-6,9-11H2,(H,18,22). The highest BCUT2D eigenvalue weighted by atomic mass is 16.2. The lowest BCUT2D eigenvalue weighted by atomic mass is 9.81. The molecule has 116 valence electrons. The number of benzene rings is 1. The number of hydrogen-bond donors (Lipinski definition) is 1. The number of nitrogens with one attached hydrogen (secondary N) is 1. The van der Waals surface area contributed by atoms with Crippen LogP contribution in [0, 0.1) is 5.92 Å². The molecule has 2 aromatic rings. The van der Waals surface area contributed by atoms with Crippen LogP contribution in [0.15, 0.2) is 36.7 Å². The van der Waals surface area contributed by atoms with Crippen molar-refractivity contribution < 1.29 is 4.79 Å². The quantitative estimate of drug-likeness (QED) is 0.917. The predicted molar refractivity (Wildman–Crippen MR) is 81.7 cm³/mol. The molecule has 1 aliphatic rings. The highest BCUT2D eigenvalue weighted by molar-refractivity contribution is 5.76. The van der Waals surface area contributed by atoms with Crippen LogP contribution in [0.25, 0.3) is 0 Å². The van der Waals surface area contributed by atoms with Gasteiger partial charge in [0.1, 0.15) is 12.9 Å². The fourth-order valence-electron chi connectivity index (χ4n) is 3.22. The van der Waals surface area contributed by atoms with Gasteiger partial charge in [-0.05, 0) is 34.7 Å². The topological polar surface area (TPSA) is 72.7 Å². The largest absolute Gasteiger partial charge is 0.347 e. The summed E-state index contributed by atoms with van der Waals surface area (Å²) in [7, 11) is 0. The molecule has 1 fully saturated rings. The molecule has 1 aromatic carbocycles. The number of nitrogens with zero attached hydrogens (tertiary/aromatic N) is 4.